The highest BCUT2D eigenvalue weighted by molar-refractivity contribution is 9.10. The maximum absolute atomic E-state index is 12.4. The van der Waals surface area contributed by atoms with Crippen LogP contribution in [0.15, 0.2) is 33.9 Å². The smallest absolute Gasteiger partial charge is 0.173 e. The van der Waals surface area contributed by atoms with E-state index in [1.54, 1.807) is 0 Å². The number of Topliss-reactive ketones (excluding diaryl/α,β-unsaturated/α-hetero) is 1. The predicted molar refractivity (Wildman–Crippen MR) is 99.9 cm³/mol. The predicted octanol–water partition coefficient (Wildman–Crippen LogP) is 4.42. The molecule has 1 aromatic heterocycles. The number of ether oxygens (including phenoxy) is 1. The summed E-state index contributed by atoms with van der Waals surface area (Å²) in [5.74, 6) is 0.512. The first-order chi connectivity index (χ1) is 11.5. The third-order valence-corrected chi connectivity index (χ3v) is 5.84. The Balaban J connectivity index is 1.69. The van der Waals surface area contributed by atoms with Gasteiger partial charge in [-0.05, 0) is 38.8 Å². The van der Waals surface area contributed by atoms with E-state index in [9.17, 15) is 4.79 Å². The van der Waals surface area contributed by atoms with Gasteiger partial charge in [0.05, 0.1) is 24.1 Å². The molecule has 128 valence electrons. The van der Waals surface area contributed by atoms with Gasteiger partial charge in [0.15, 0.2) is 10.9 Å². The van der Waals surface area contributed by atoms with Crippen LogP contribution in [-0.4, -0.2) is 33.8 Å². The van der Waals surface area contributed by atoms with Crippen molar-refractivity contribution >= 4 is 33.5 Å². The average molecular weight is 409 g/mol. The van der Waals surface area contributed by atoms with Crippen molar-refractivity contribution in [3.8, 4) is 0 Å². The summed E-state index contributed by atoms with van der Waals surface area (Å²) in [6.45, 7) is 5.77. The molecule has 0 N–H and O–H groups in total. The Labute approximate surface area is 155 Å². The molecule has 3 rings (SSSR count). The quantitative estimate of drug-likeness (QED) is 0.524. The van der Waals surface area contributed by atoms with Gasteiger partial charge in [-0.1, -0.05) is 39.8 Å². The fourth-order valence-electron chi connectivity index (χ4n) is 2.79. The molecule has 0 radical (unpaired) electrons. The Morgan fingerprint density at radius 1 is 1.38 bits per heavy atom. The fraction of sp³-hybridized carbons (Fsp3) is 0.444. The molecule has 0 bridgehead atoms. The molecule has 0 aliphatic carbocycles. The van der Waals surface area contributed by atoms with Crippen molar-refractivity contribution in [2.45, 2.75) is 44.5 Å². The number of nitrogens with zero attached hydrogens (tertiary/aromatic N) is 2. The number of hydrogen-bond donors (Lipinski definition) is 0. The van der Waals surface area contributed by atoms with Crippen LogP contribution in [0.5, 0.6) is 0 Å². The molecule has 1 fully saturated rings. The maximum Gasteiger partial charge on any atom is 0.173 e. The lowest BCUT2D eigenvalue weighted by Gasteiger charge is -2.14. The van der Waals surface area contributed by atoms with Gasteiger partial charge in [-0.3, -0.25) is 4.79 Å². The number of imidazole rings is 1. The Hall–Kier alpha value is -1.11. The van der Waals surface area contributed by atoms with E-state index in [2.05, 4.69) is 32.4 Å². The van der Waals surface area contributed by atoms with E-state index in [-0.39, 0.29) is 11.9 Å². The van der Waals surface area contributed by atoms with E-state index in [0.717, 1.165) is 52.6 Å². The van der Waals surface area contributed by atoms with Crippen LogP contribution in [0.2, 0.25) is 0 Å². The molecule has 0 saturated carbocycles. The number of aromatic nitrogens is 2. The number of carbonyl (C=O) groups excluding carboxylic acids is 1. The number of benzene rings is 1. The van der Waals surface area contributed by atoms with E-state index < -0.39 is 0 Å². The fourth-order valence-corrected chi connectivity index (χ4v) is 4.05. The largest absolute Gasteiger partial charge is 0.376 e. The number of hydrogen-bond acceptors (Lipinski definition) is 4. The van der Waals surface area contributed by atoms with Gasteiger partial charge >= 0.3 is 0 Å². The summed E-state index contributed by atoms with van der Waals surface area (Å²) in [5.41, 5.74) is 2.91. The number of aryl methyl sites for hydroxylation is 1. The zero-order valence-electron chi connectivity index (χ0n) is 13.9. The van der Waals surface area contributed by atoms with Crippen LogP contribution >= 0.6 is 27.7 Å². The SMILES string of the molecule is Cc1nc(SCC(=O)c2ccc(Br)cc2)n(C[C@H]2CCCO2)c1C. The molecule has 1 saturated heterocycles. The summed E-state index contributed by atoms with van der Waals surface area (Å²) in [5, 5.41) is 0.908. The van der Waals surface area contributed by atoms with E-state index in [1.165, 1.54) is 11.8 Å². The molecule has 1 atom stereocenters. The Morgan fingerprint density at radius 2 is 2.12 bits per heavy atom. The molecule has 2 aromatic rings. The minimum Gasteiger partial charge on any atom is -0.376 e. The molecule has 0 unspecified atom stereocenters. The van der Waals surface area contributed by atoms with Gasteiger partial charge in [-0.15, -0.1) is 0 Å². The first-order valence-electron chi connectivity index (χ1n) is 8.11. The molecule has 4 nitrogen and oxygen atoms in total. The molecule has 2 heterocycles. The molecule has 0 amide bonds. The third-order valence-electron chi connectivity index (χ3n) is 4.33. The highest BCUT2D eigenvalue weighted by Gasteiger charge is 2.20. The van der Waals surface area contributed by atoms with Gasteiger partial charge in [-0.2, -0.15) is 0 Å². The van der Waals surface area contributed by atoms with Gasteiger partial charge in [0.25, 0.3) is 0 Å². The van der Waals surface area contributed by atoms with E-state index in [0.29, 0.717) is 5.75 Å². The van der Waals surface area contributed by atoms with E-state index >= 15 is 0 Å². The van der Waals surface area contributed by atoms with Crippen molar-refractivity contribution in [3.05, 3.63) is 45.7 Å². The first-order valence-corrected chi connectivity index (χ1v) is 9.89. The lowest BCUT2D eigenvalue weighted by molar-refractivity contribution is 0.0945. The number of ketones is 1. The Bertz CT molecular complexity index is 721. The third kappa shape index (κ3) is 4.10. The Morgan fingerprint density at radius 3 is 2.79 bits per heavy atom. The van der Waals surface area contributed by atoms with Crippen molar-refractivity contribution in [1.82, 2.24) is 9.55 Å². The standard InChI is InChI=1S/C18H21BrN2O2S/c1-12-13(2)21(10-16-4-3-9-23-16)18(20-12)24-11-17(22)14-5-7-15(19)8-6-14/h5-8,16H,3-4,9-11H2,1-2H3/t16-/m1/s1. The molecule has 24 heavy (non-hydrogen) atoms. The van der Waals surface area contributed by atoms with Crippen LogP contribution in [0.1, 0.15) is 34.6 Å². The minimum atomic E-state index is 0.120. The summed E-state index contributed by atoms with van der Waals surface area (Å²) >= 11 is 4.90. The van der Waals surface area contributed by atoms with Gasteiger partial charge in [0.2, 0.25) is 0 Å². The number of rotatable bonds is 6. The molecular formula is C18H21BrN2O2S. The molecule has 1 aromatic carbocycles. The highest BCUT2D eigenvalue weighted by atomic mass is 79.9. The molecule has 1 aliphatic heterocycles. The summed E-state index contributed by atoms with van der Waals surface area (Å²) in [7, 11) is 0. The number of carbonyl (C=O) groups is 1. The minimum absolute atomic E-state index is 0.120. The summed E-state index contributed by atoms with van der Waals surface area (Å²) in [6, 6.07) is 7.49. The average Bonchev–Trinajstić information content (AvgIpc) is 3.17. The highest BCUT2D eigenvalue weighted by Crippen LogP contribution is 2.25. The van der Waals surface area contributed by atoms with Crippen molar-refractivity contribution in [2.24, 2.45) is 0 Å². The van der Waals surface area contributed by atoms with Crippen LogP contribution in [0.25, 0.3) is 0 Å². The molecule has 1 aliphatic rings. The van der Waals surface area contributed by atoms with E-state index in [1.807, 2.05) is 31.2 Å². The zero-order chi connectivity index (χ0) is 17.1. The molecule has 6 heteroatoms. The van der Waals surface area contributed by atoms with Crippen LogP contribution in [0.3, 0.4) is 0 Å². The second kappa shape index (κ2) is 7.85. The van der Waals surface area contributed by atoms with Crippen molar-refractivity contribution < 1.29 is 9.53 Å². The monoisotopic (exact) mass is 408 g/mol. The maximum atomic E-state index is 12.4. The van der Waals surface area contributed by atoms with Crippen LogP contribution < -0.4 is 0 Å². The lowest BCUT2D eigenvalue weighted by Crippen LogP contribution is -2.17. The summed E-state index contributed by atoms with van der Waals surface area (Å²) in [6.07, 6.45) is 2.49. The van der Waals surface area contributed by atoms with Crippen molar-refractivity contribution in [1.29, 1.82) is 0 Å². The second-order valence-corrected chi connectivity index (χ2v) is 7.89. The molecule has 0 spiro atoms. The van der Waals surface area contributed by atoms with Crippen LogP contribution in [0, 0.1) is 13.8 Å². The zero-order valence-corrected chi connectivity index (χ0v) is 16.3. The molecular weight excluding hydrogens is 388 g/mol. The van der Waals surface area contributed by atoms with Gasteiger partial charge < -0.3 is 9.30 Å². The Kier molecular flexibility index (Phi) is 5.79. The number of halogens is 1. The first kappa shape index (κ1) is 17.7. The van der Waals surface area contributed by atoms with Crippen molar-refractivity contribution in [2.75, 3.05) is 12.4 Å². The van der Waals surface area contributed by atoms with Crippen molar-refractivity contribution in [3.63, 3.8) is 0 Å². The summed E-state index contributed by atoms with van der Waals surface area (Å²) in [4.78, 5) is 17.0. The summed E-state index contributed by atoms with van der Waals surface area (Å²) < 4.78 is 8.93. The van der Waals surface area contributed by atoms with Crippen LogP contribution in [-0.2, 0) is 11.3 Å². The van der Waals surface area contributed by atoms with Crippen LogP contribution in [0.4, 0.5) is 0 Å². The number of thioether (sulfide) groups is 1. The second-order valence-electron chi connectivity index (χ2n) is 6.03. The van der Waals surface area contributed by atoms with Gasteiger partial charge in [-0.25, -0.2) is 4.98 Å². The van der Waals surface area contributed by atoms with Gasteiger partial charge in [0.1, 0.15) is 0 Å². The lowest BCUT2D eigenvalue weighted by atomic mass is 10.2. The normalized spacial score (nSPS) is 17.4. The van der Waals surface area contributed by atoms with Gasteiger partial charge in [0, 0.05) is 22.3 Å². The van der Waals surface area contributed by atoms with E-state index in [4.69, 9.17) is 4.74 Å². The topological polar surface area (TPSA) is 44.1 Å².